The van der Waals surface area contributed by atoms with Crippen molar-refractivity contribution in [1.82, 2.24) is 10.5 Å². The van der Waals surface area contributed by atoms with Crippen molar-refractivity contribution >= 4 is 5.91 Å². The molecule has 0 saturated carbocycles. The van der Waals surface area contributed by atoms with Crippen LogP contribution in [0.1, 0.15) is 39.9 Å². The summed E-state index contributed by atoms with van der Waals surface area (Å²) in [4.78, 5) is 13.0. The Morgan fingerprint density at radius 1 is 0.939 bits per heavy atom. The first kappa shape index (κ1) is 24.3. The van der Waals surface area contributed by atoms with Crippen molar-refractivity contribution in [3.8, 4) is 33.9 Å². The zero-order valence-electron chi connectivity index (χ0n) is 20.2. The van der Waals surface area contributed by atoms with Crippen LogP contribution < -0.4 is 20.5 Å². The lowest BCUT2D eigenvalue weighted by Gasteiger charge is -2.33. The SMILES string of the molecule is COc1ccc(-c2noc(CC(=O)NC(C)(C)CC(C)(C)N)c2-c2ccc(OC)cc2)cc1. The summed E-state index contributed by atoms with van der Waals surface area (Å²) < 4.78 is 16.3. The minimum Gasteiger partial charge on any atom is -0.497 e. The maximum atomic E-state index is 13.0. The van der Waals surface area contributed by atoms with Crippen LogP contribution in [0.15, 0.2) is 53.1 Å². The van der Waals surface area contributed by atoms with Gasteiger partial charge in [-0.1, -0.05) is 17.3 Å². The van der Waals surface area contributed by atoms with Gasteiger partial charge in [0, 0.05) is 16.6 Å². The molecule has 0 spiro atoms. The highest BCUT2D eigenvalue weighted by atomic mass is 16.5. The zero-order chi connectivity index (χ0) is 24.2. The number of rotatable bonds is 9. The van der Waals surface area contributed by atoms with Crippen LogP contribution in [0.4, 0.5) is 0 Å². The van der Waals surface area contributed by atoms with Crippen LogP contribution in [0.3, 0.4) is 0 Å². The Hall–Kier alpha value is -3.32. The normalized spacial score (nSPS) is 11.8. The van der Waals surface area contributed by atoms with E-state index in [0.717, 1.165) is 28.2 Å². The monoisotopic (exact) mass is 451 g/mol. The van der Waals surface area contributed by atoms with Crippen molar-refractivity contribution in [3.05, 3.63) is 54.3 Å². The van der Waals surface area contributed by atoms with Crippen molar-refractivity contribution < 1.29 is 18.8 Å². The van der Waals surface area contributed by atoms with E-state index in [2.05, 4.69) is 10.5 Å². The number of aromatic nitrogens is 1. The van der Waals surface area contributed by atoms with Crippen LogP contribution in [0.25, 0.3) is 22.4 Å². The minimum atomic E-state index is -0.464. The molecule has 1 aromatic heterocycles. The first-order valence-corrected chi connectivity index (χ1v) is 10.9. The molecule has 1 heterocycles. The third-order valence-corrected chi connectivity index (χ3v) is 5.20. The van der Waals surface area contributed by atoms with Crippen molar-refractivity contribution in [2.24, 2.45) is 5.73 Å². The van der Waals surface area contributed by atoms with Gasteiger partial charge in [0.25, 0.3) is 0 Å². The maximum absolute atomic E-state index is 13.0. The summed E-state index contributed by atoms with van der Waals surface area (Å²) >= 11 is 0. The average molecular weight is 452 g/mol. The predicted molar refractivity (Wildman–Crippen MR) is 129 cm³/mol. The average Bonchev–Trinajstić information content (AvgIpc) is 3.14. The lowest BCUT2D eigenvalue weighted by Crippen LogP contribution is -2.50. The topological polar surface area (TPSA) is 99.6 Å². The number of amides is 1. The van der Waals surface area contributed by atoms with Crippen molar-refractivity contribution in [1.29, 1.82) is 0 Å². The van der Waals surface area contributed by atoms with Crippen LogP contribution in [0, 0.1) is 0 Å². The molecule has 33 heavy (non-hydrogen) atoms. The van der Waals surface area contributed by atoms with E-state index in [1.807, 2.05) is 76.2 Å². The molecule has 7 heteroatoms. The quantitative estimate of drug-likeness (QED) is 0.494. The third kappa shape index (κ3) is 6.35. The number of hydrogen-bond donors (Lipinski definition) is 2. The van der Waals surface area contributed by atoms with Crippen molar-refractivity contribution in [2.75, 3.05) is 14.2 Å². The van der Waals surface area contributed by atoms with E-state index in [1.165, 1.54) is 0 Å². The summed E-state index contributed by atoms with van der Waals surface area (Å²) in [6.45, 7) is 7.82. The van der Waals surface area contributed by atoms with Crippen LogP contribution in [0.2, 0.25) is 0 Å². The second kappa shape index (κ2) is 9.67. The van der Waals surface area contributed by atoms with Crippen LogP contribution in [-0.2, 0) is 11.2 Å². The Labute approximate surface area is 195 Å². The number of carbonyl (C=O) groups excluding carboxylic acids is 1. The molecule has 3 aromatic rings. The number of carbonyl (C=O) groups is 1. The summed E-state index contributed by atoms with van der Waals surface area (Å²) in [5, 5.41) is 7.40. The Morgan fingerprint density at radius 3 is 1.94 bits per heavy atom. The van der Waals surface area contributed by atoms with Crippen molar-refractivity contribution in [3.63, 3.8) is 0 Å². The molecule has 0 bridgehead atoms. The van der Waals surface area contributed by atoms with Gasteiger partial charge < -0.3 is 25.0 Å². The van der Waals surface area contributed by atoms with E-state index in [4.69, 9.17) is 19.7 Å². The van der Waals surface area contributed by atoms with E-state index in [0.29, 0.717) is 17.9 Å². The second-order valence-electron chi connectivity index (χ2n) is 9.56. The fraction of sp³-hybridized carbons (Fsp3) is 0.385. The molecule has 0 unspecified atom stereocenters. The van der Waals surface area contributed by atoms with E-state index in [-0.39, 0.29) is 12.3 Å². The first-order valence-electron chi connectivity index (χ1n) is 10.9. The van der Waals surface area contributed by atoms with E-state index >= 15 is 0 Å². The lowest BCUT2D eigenvalue weighted by atomic mass is 9.87. The van der Waals surface area contributed by atoms with Gasteiger partial charge in [0.05, 0.1) is 26.2 Å². The maximum Gasteiger partial charge on any atom is 0.228 e. The molecule has 1 amide bonds. The highest BCUT2D eigenvalue weighted by molar-refractivity contribution is 5.87. The summed E-state index contributed by atoms with van der Waals surface area (Å²) in [7, 11) is 3.25. The smallest absolute Gasteiger partial charge is 0.228 e. The number of nitrogens with two attached hydrogens (primary N) is 1. The number of benzene rings is 2. The largest absolute Gasteiger partial charge is 0.497 e. The van der Waals surface area contributed by atoms with E-state index in [1.54, 1.807) is 14.2 Å². The molecule has 0 aliphatic rings. The van der Waals surface area contributed by atoms with Crippen LogP contribution in [0.5, 0.6) is 11.5 Å². The fourth-order valence-electron chi connectivity index (χ4n) is 4.20. The molecule has 0 aliphatic heterocycles. The Kier molecular flexibility index (Phi) is 7.12. The number of methoxy groups -OCH3 is 2. The summed E-state index contributed by atoms with van der Waals surface area (Å²) in [6.07, 6.45) is 0.684. The lowest BCUT2D eigenvalue weighted by molar-refractivity contribution is -0.122. The standard InChI is InChI=1S/C26H33N3O4/c1-25(2,27)16-26(3,4)28-22(30)15-21-23(17-7-11-19(31-5)12-8-17)24(29-33-21)18-9-13-20(32-6)14-10-18/h7-14H,15-16,27H2,1-6H3,(H,28,30). The van der Waals surface area contributed by atoms with Gasteiger partial charge in [0.2, 0.25) is 5.91 Å². The van der Waals surface area contributed by atoms with Gasteiger partial charge in [-0.05, 0) is 76.1 Å². The first-order chi connectivity index (χ1) is 15.5. The molecule has 0 radical (unpaired) electrons. The van der Waals surface area contributed by atoms with Gasteiger partial charge in [-0.3, -0.25) is 4.79 Å². The summed E-state index contributed by atoms with van der Waals surface area (Å²) in [5.41, 5.74) is 8.47. The Morgan fingerprint density at radius 2 is 1.45 bits per heavy atom. The minimum absolute atomic E-state index is 0.0545. The molecule has 176 valence electrons. The molecule has 2 aromatic carbocycles. The molecular formula is C26H33N3O4. The number of hydrogen-bond acceptors (Lipinski definition) is 6. The molecule has 0 aliphatic carbocycles. The van der Waals surface area contributed by atoms with Gasteiger partial charge in [-0.2, -0.15) is 0 Å². The second-order valence-corrected chi connectivity index (χ2v) is 9.56. The highest BCUT2D eigenvalue weighted by Crippen LogP contribution is 2.36. The number of nitrogens with one attached hydrogen (secondary N) is 1. The highest BCUT2D eigenvalue weighted by Gasteiger charge is 2.29. The molecule has 0 atom stereocenters. The molecule has 7 nitrogen and oxygen atoms in total. The van der Waals surface area contributed by atoms with Gasteiger partial charge in [-0.25, -0.2) is 0 Å². The molecule has 3 rings (SSSR count). The van der Waals surface area contributed by atoms with Gasteiger partial charge in [-0.15, -0.1) is 0 Å². The van der Waals surface area contributed by atoms with Gasteiger partial charge in [0.1, 0.15) is 17.2 Å². The molecule has 0 fully saturated rings. The van der Waals surface area contributed by atoms with Crippen LogP contribution >= 0.6 is 0 Å². The fourth-order valence-corrected chi connectivity index (χ4v) is 4.20. The Balaban J connectivity index is 1.95. The molecular weight excluding hydrogens is 418 g/mol. The zero-order valence-corrected chi connectivity index (χ0v) is 20.2. The summed E-state index contributed by atoms with van der Waals surface area (Å²) in [6, 6.07) is 15.2. The number of nitrogens with zero attached hydrogens (tertiary/aromatic N) is 1. The van der Waals surface area contributed by atoms with E-state index < -0.39 is 11.1 Å². The van der Waals surface area contributed by atoms with Gasteiger partial charge >= 0.3 is 0 Å². The summed E-state index contributed by atoms with van der Waals surface area (Å²) in [5.74, 6) is 1.83. The Bertz CT molecular complexity index is 1080. The van der Waals surface area contributed by atoms with E-state index in [9.17, 15) is 4.79 Å². The number of ether oxygens (including phenoxy) is 2. The molecule has 3 N–H and O–H groups in total. The third-order valence-electron chi connectivity index (χ3n) is 5.20. The predicted octanol–water partition coefficient (Wildman–Crippen LogP) is 4.59. The van der Waals surface area contributed by atoms with Crippen LogP contribution in [-0.4, -0.2) is 36.4 Å². The van der Waals surface area contributed by atoms with Crippen molar-refractivity contribution in [2.45, 2.75) is 51.6 Å². The van der Waals surface area contributed by atoms with Gasteiger partial charge in [0.15, 0.2) is 5.76 Å². The molecule has 0 saturated heterocycles.